The summed E-state index contributed by atoms with van der Waals surface area (Å²) in [5.74, 6) is 2.84. The minimum Gasteiger partial charge on any atom is -0.497 e. The lowest BCUT2D eigenvalue weighted by molar-refractivity contribution is 0.412. The van der Waals surface area contributed by atoms with E-state index in [0.717, 1.165) is 32.8 Å². The van der Waals surface area contributed by atoms with Crippen molar-refractivity contribution in [1.82, 2.24) is 0 Å². The number of ether oxygens (including phenoxy) is 2. The van der Waals surface area contributed by atoms with Gasteiger partial charge in [-0.15, -0.1) is 11.6 Å². The van der Waals surface area contributed by atoms with Gasteiger partial charge in [0.25, 0.3) is 0 Å². The Bertz CT molecular complexity index is 584. The van der Waals surface area contributed by atoms with Crippen LogP contribution in [0.4, 0.5) is 0 Å². The molecule has 0 atom stereocenters. The van der Waals surface area contributed by atoms with E-state index in [4.69, 9.17) is 21.1 Å². The van der Waals surface area contributed by atoms with E-state index in [0.29, 0.717) is 5.88 Å². The molecule has 0 aliphatic rings. The van der Waals surface area contributed by atoms with Crippen molar-refractivity contribution in [3.05, 3.63) is 52.0 Å². The summed E-state index contributed by atoms with van der Waals surface area (Å²) in [5, 5.41) is 0. The minimum atomic E-state index is 0.512. The van der Waals surface area contributed by atoms with E-state index < -0.39 is 0 Å². The van der Waals surface area contributed by atoms with Crippen molar-refractivity contribution in [1.29, 1.82) is 0 Å². The zero-order valence-corrected chi connectivity index (χ0v) is 13.1. The van der Waals surface area contributed by atoms with Crippen LogP contribution in [0.25, 0.3) is 0 Å². The first-order chi connectivity index (χ1) is 9.13. The lowest BCUT2D eigenvalue weighted by Gasteiger charge is -2.11. The molecule has 0 spiro atoms. The molecule has 2 rings (SSSR count). The lowest BCUT2D eigenvalue weighted by Crippen LogP contribution is -1.90. The zero-order chi connectivity index (χ0) is 13.8. The number of methoxy groups -OCH3 is 1. The van der Waals surface area contributed by atoms with E-state index in [1.165, 1.54) is 0 Å². The second-order valence-corrected chi connectivity index (χ2v) is 5.24. The van der Waals surface area contributed by atoms with Crippen molar-refractivity contribution in [3.63, 3.8) is 0 Å². The summed E-state index contributed by atoms with van der Waals surface area (Å²) in [7, 11) is 1.64. The van der Waals surface area contributed by atoms with Crippen LogP contribution in [0.1, 0.15) is 11.1 Å². The zero-order valence-electron chi connectivity index (χ0n) is 10.7. The van der Waals surface area contributed by atoms with Crippen LogP contribution in [0, 0.1) is 6.92 Å². The summed E-state index contributed by atoms with van der Waals surface area (Å²) >= 11 is 9.31. The smallest absolute Gasteiger partial charge is 0.141 e. The molecule has 2 nitrogen and oxygen atoms in total. The SMILES string of the molecule is COc1ccc(Oc2ccc(CCl)c(C)c2)c(Br)c1. The van der Waals surface area contributed by atoms with Crippen molar-refractivity contribution in [3.8, 4) is 17.2 Å². The first kappa shape index (κ1) is 14.2. The van der Waals surface area contributed by atoms with Gasteiger partial charge in [0.05, 0.1) is 11.6 Å². The third kappa shape index (κ3) is 3.43. The maximum absolute atomic E-state index is 5.84. The average Bonchev–Trinajstić information content (AvgIpc) is 2.41. The van der Waals surface area contributed by atoms with Crippen LogP contribution in [-0.2, 0) is 5.88 Å². The van der Waals surface area contributed by atoms with Gasteiger partial charge in [-0.2, -0.15) is 0 Å². The monoisotopic (exact) mass is 340 g/mol. The van der Waals surface area contributed by atoms with Gasteiger partial charge in [-0.05, 0) is 64.3 Å². The fourth-order valence-electron chi connectivity index (χ4n) is 1.70. The van der Waals surface area contributed by atoms with Gasteiger partial charge in [0.2, 0.25) is 0 Å². The molecule has 4 heteroatoms. The average molecular weight is 342 g/mol. The quantitative estimate of drug-likeness (QED) is 0.703. The normalized spacial score (nSPS) is 10.3. The molecule has 0 unspecified atom stereocenters. The molecule has 0 amide bonds. The summed E-state index contributed by atoms with van der Waals surface area (Å²) < 4.78 is 11.8. The van der Waals surface area contributed by atoms with Gasteiger partial charge in [0, 0.05) is 5.88 Å². The molecule has 0 saturated heterocycles. The Labute approximate surface area is 126 Å². The number of rotatable bonds is 4. The summed E-state index contributed by atoms with van der Waals surface area (Å²) in [6, 6.07) is 11.5. The summed E-state index contributed by atoms with van der Waals surface area (Å²) in [4.78, 5) is 0. The Morgan fingerprint density at radius 3 is 2.42 bits per heavy atom. The Hall–Kier alpha value is -1.19. The first-order valence-electron chi connectivity index (χ1n) is 5.81. The van der Waals surface area contributed by atoms with Crippen molar-refractivity contribution >= 4 is 27.5 Å². The molecular formula is C15H14BrClO2. The standard InChI is InChI=1S/C15H14BrClO2/c1-10-7-13(4-3-11(10)9-17)19-15-6-5-12(18-2)8-14(15)16/h3-8H,9H2,1-2H3. The summed E-state index contributed by atoms with van der Waals surface area (Å²) in [6.45, 7) is 2.02. The van der Waals surface area contributed by atoms with Crippen LogP contribution in [0.15, 0.2) is 40.9 Å². The molecule has 0 radical (unpaired) electrons. The predicted molar refractivity (Wildman–Crippen MR) is 81.5 cm³/mol. The van der Waals surface area contributed by atoms with Crippen LogP contribution in [0.3, 0.4) is 0 Å². The highest BCUT2D eigenvalue weighted by Gasteiger charge is 2.06. The topological polar surface area (TPSA) is 18.5 Å². The van der Waals surface area contributed by atoms with Gasteiger partial charge in [0.15, 0.2) is 0 Å². The van der Waals surface area contributed by atoms with E-state index in [1.807, 2.05) is 43.3 Å². The Morgan fingerprint density at radius 2 is 1.84 bits per heavy atom. The van der Waals surface area contributed by atoms with E-state index in [-0.39, 0.29) is 0 Å². The summed E-state index contributed by atoms with van der Waals surface area (Å²) in [5.41, 5.74) is 2.24. The third-order valence-electron chi connectivity index (χ3n) is 2.82. The molecule has 2 aromatic rings. The molecule has 19 heavy (non-hydrogen) atoms. The fourth-order valence-corrected chi connectivity index (χ4v) is 2.44. The Balaban J connectivity index is 2.23. The third-order valence-corrected chi connectivity index (χ3v) is 3.73. The summed E-state index contributed by atoms with van der Waals surface area (Å²) in [6.07, 6.45) is 0. The van der Waals surface area contributed by atoms with Gasteiger partial charge in [-0.1, -0.05) is 6.07 Å². The molecule has 2 aromatic carbocycles. The van der Waals surface area contributed by atoms with Crippen molar-refractivity contribution in [2.75, 3.05) is 7.11 Å². The predicted octanol–water partition coefficient (Wildman–Crippen LogP) is 5.30. The molecule has 0 saturated carbocycles. The lowest BCUT2D eigenvalue weighted by atomic mass is 10.1. The highest BCUT2D eigenvalue weighted by Crippen LogP contribution is 2.33. The van der Waals surface area contributed by atoms with Gasteiger partial charge >= 0.3 is 0 Å². The Morgan fingerprint density at radius 1 is 1.11 bits per heavy atom. The molecule has 0 fully saturated rings. The van der Waals surface area contributed by atoms with Gasteiger partial charge in [-0.25, -0.2) is 0 Å². The van der Waals surface area contributed by atoms with Crippen molar-refractivity contribution in [2.45, 2.75) is 12.8 Å². The molecule has 0 aromatic heterocycles. The van der Waals surface area contributed by atoms with Crippen LogP contribution < -0.4 is 9.47 Å². The van der Waals surface area contributed by atoms with Crippen molar-refractivity contribution < 1.29 is 9.47 Å². The molecule has 0 aliphatic heterocycles. The van der Waals surface area contributed by atoms with Crippen LogP contribution >= 0.6 is 27.5 Å². The minimum absolute atomic E-state index is 0.512. The number of halogens is 2. The first-order valence-corrected chi connectivity index (χ1v) is 7.13. The molecule has 0 aliphatic carbocycles. The van der Waals surface area contributed by atoms with E-state index in [2.05, 4.69) is 15.9 Å². The van der Waals surface area contributed by atoms with Crippen LogP contribution in [0.5, 0.6) is 17.2 Å². The second kappa shape index (κ2) is 6.31. The Kier molecular flexibility index (Phi) is 4.72. The van der Waals surface area contributed by atoms with E-state index >= 15 is 0 Å². The van der Waals surface area contributed by atoms with Gasteiger partial charge < -0.3 is 9.47 Å². The molecule has 0 heterocycles. The van der Waals surface area contributed by atoms with Crippen molar-refractivity contribution in [2.24, 2.45) is 0 Å². The number of hydrogen-bond donors (Lipinski definition) is 0. The maximum atomic E-state index is 5.84. The highest BCUT2D eigenvalue weighted by atomic mass is 79.9. The molecule has 100 valence electrons. The largest absolute Gasteiger partial charge is 0.497 e. The highest BCUT2D eigenvalue weighted by molar-refractivity contribution is 9.10. The van der Waals surface area contributed by atoms with E-state index in [9.17, 15) is 0 Å². The number of benzene rings is 2. The number of alkyl halides is 1. The van der Waals surface area contributed by atoms with Gasteiger partial charge in [-0.3, -0.25) is 0 Å². The van der Waals surface area contributed by atoms with E-state index in [1.54, 1.807) is 7.11 Å². The maximum Gasteiger partial charge on any atom is 0.141 e. The van der Waals surface area contributed by atoms with Gasteiger partial charge in [0.1, 0.15) is 17.2 Å². The van der Waals surface area contributed by atoms with Crippen LogP contribution in [-0.4, -0.2) is 7.11 Å². The van der Waals surface area contributed by atoms with Crippen LogP contribution in [0.2, 0.25) is 0 Å². The second-order valence-electron chi connectivity index (χ2n) is 4.12. The fraction of sp³-hybridized carbons (Fsp3) is 0.200. The molecule has 0 N–H and O–H groups in total. The molecular weight excluding hydrogens is 328 g/mol. The molecule has 0 bridgehead atoms. The number of hydrogen-bond acceptors (Lipinski definition) is 2. The number of aryl methyl sites for hydroxylation is 1.